The summed E-state index contributed by atoms with van der Waals surface area (Å²) in [5.74, 6) is -0.887. The van der Waals surface area contributed by atoms with Gasteiger partial charge >= 0.3 is 0 Å². The van der Waals surface area contributed by atoms with E-state index in [-0.39, 0.29) is 27.7 Å². The highest BCUT2D eigenvalue weighted by Crippen LogP contribution is 2.21. The number of amides is 3. The molecular formula is C25H34N6O3S. The average Bonchev–Trinajstić information content (AvgIpc) is 3.39. The second-order valence-electron chi connectivity index (χ2n) is 9.37. The first kappa shape index (κ1) is 25.2. The first-order valence-electron chi connectivity index (χ1n) is 12.5. The number of aromatic nitrogens is 2. The van der Waals surface area contributed by atoms with Crippen LogP contribution in [0.1, 0.15) is 63.7 Å². The minimum Gasteiger partial charge on any atom is -0.356 e. The Kier molecular flexibility index (Phi) is 8.81. The molecule has 0 spiro atoms. The van der Waals surface area contributed by atoms with Gasteiger partial charge in [-0.25, -0.2) is 0 Å². The molecule has 2 aliphatic heterocycles. The van der Waals surface area contributed by atoms with E-state index in [9.17, 15) is 14.4 Å². The van der Waals surface area contributed by atoms with Crippen LogP contribution in [0.5, 0.6) is 0 Å². The summed E-state index contributed by atoms with van der Waals surface area (Å²) in [6.45, 7) is 6.91. The summed E-state index contributed by atoms with van der Waals surface area (Å²) in [5, 5.41) is 14.0. The Hall–Kier alpha value is -2.85. The molecule has 4 rings (SSSR count). The molecule has 3 heterocycles. The van der Waals surface area contributed by atoms with E-state index in [1.165, 1.54) is 19.3 Å². The summed E-state index contributed by atoms with van der Waals surface area (Å²) < 4.78 is 0. The Balaban J connectivity index is 1.24. The lowest BCUT2D eigenvalue weighted by Gasteiger charge is -2.31. The number of hydrogen-bond acceptors (Lipinski definition) is 7. The topological polar surface area (TPSA) is 108 Å². The molecule has 2 saturated heterocycles. The maximum atomic E-state index is 13.0. The molecule has 1 aromatic heterocycles. The first-order valence-corrected chi connectivity index (χ1v) is 13.3. The van der Waals surface area contributed by atoms with Crippen LogP contribution in [-0.2, 0) is 4.79 Å². The normalized spacial score (nSPS) is 18.8. The Morgan fingerprint density at radius 3 is 2.51 bits per heavy atom. The summed E-state index contributed by atoms with van der Waals surface area (Å²) in [7, 11) is 0. The number of carbonyl (C=O) groups is 3. The number of hydrogen-bond donors (Lipinski definition) is 2. The van der Waals surface area contributed by atoms with Crippen molar-refractivity contribution in [3.63, 3.8) is 0 Å². The van der Waals surface area contributed by atoms with Crippen molar-refractivity contribution in [1.29, 1.82) is 0 Å². The maximum Gasteiger partial charge on any atom is 0.286 e. The number of carbonyl (C=O) groups excluding carboxylic acids is 3. The van der Waals surface area contributed by atoms with Gasteiger partial charge in [-0.2, -0.15) is 0 Å². The second-order valence-corrected chi connectivity index (χ2v) is 10.3. The summed E-state index contributed by atoms with van der Waals surface area (Å²) in [4.78, 5) is 42.3. The van der Waals surface area contributed by atoms with E-state index in [1.807, 2.05) is 31.2 Å². The van der Waals surface area contributed by atoms with Crippen LogP contribution in [0.2, 0.25) is 0 Å². The summed E-state index contributed by atoms with van der Waals surface area (Å²) >= 11 is 0.974. The highest BCUT2D eigenvalue weighted by atomic mass is 32.1. The van der Waals surface area contributed by atoms with Crippen LogP contribution < -0.4 is 10.6 Å². The van der Waals surface area contributed by atoms with Gasteiger partial charge in [-0.1, -0.05) is 35.5 Å². The lowest BCUT2D eigenvalue weighted by Crippen LogP contribution is -2.45. The highest BCUT2D eigenvalue weighted by molar-refractivity contribution is 7.15. The predicted molar refractivity (Wildman–Crippen MR) is 136 cm³/mol. The van der Waals surface area contributed by atoms with E-state index in [4.69, 9.17) is 0 Å². The fourth-order valence-corrected chi connectivity index (χ4v) is 5.28. The van der Waals surface area contributed by atoms with E-state index >= 15 is 0 Å². The molecule has 0 unspecified atom stereocenters. The number of benzene rings is 1. The van der Waals surface area contributed by atoms with E-state index in [1.54, 1.807) is 4.90 Å². The van der Waals surface area contributed by atoms with E-state index in [0.717, 1.165) is 55.8 Å². The summed E-state index contributed by atoms with van der Waals surface area (Å²) in [5.41, 5.74) is 1.75. The number of likely N-dealkylation sites (tertiary alicyclic amines) is 2. The second kappa shape index (κ2) is 12.2. The van der Waals surface area contributed by atoms with E-state index < -0.39 is 5.91 Å². The molecule has 0 bridgehead atoms. The van der Waals surface area contributed by atoms with Gasteiger partial charge in [-0.3, -0.25) is 14.4 Å². The van der Waals surface area contributed by atoms with Crippen molar-refractivity contribution < 1.29 is 14.4 Å². The zero-order valence-electron chi connectivity index (χ0n) is 20.3. The van der Waals surface area contributed by atoms with E-state index in [0.29, 0.717) is 25.3 Å². The molecule has 3 amide bonds. The number of aryl methyl sites for hydroxylation is 1. The Morgan fingerprint density at radius 1 is 1.00 bits per heavy atom. The molecule has 9 nitrogen and oxygen atoms in total. The fourth-order valence-electron chi connectivity index (χ4n) is 4.58. The molecule has 0 aliphatic carbocycles. The van der Waals surface area contributed by atoms with Crippen molar-refractivity contribution >= 4 is 34.7 Å². The van der Waals surface area contributed by atoms with Crippen molar-refractivity contribution in [2.24, 2.45) is 5.92 Å². The number of nitrogens with one attached hydrogen (secondary N) is 2. The molecular weight excluding hydrogens is 464 g/mol. The van der Waals surface area contributed by atoms with Crippen molar-refractivity contribution in [2.75, 3.05) is 44.6 Å². The minimum absolute atomic E-state index is 0.0107. The average molecular weight is 499 g/mol. The van der Waals surface area contributed by atoms with Crippen molar-refractivity contribution in [1.82, 2.24) is 25.3 Å². The lowest BCUT2D eigenvalue weighted by molar-refractivity contribution is -0.126. The van der Waals surface area contributed by atoms with Crippen LogP contribution in [0.25, 0.3) is 0 Å². The quantitative estimate of drug-likeness (QED) is 0.542. The van der Waals surface area contributed by atoms with E-state index in [2.05, 4.69) is 25.7 Å². The van der Waals surface area contributed by atoms with Crippen LogP contribution in [0.3, 0.4) is 0 Å². The molecule has 0 radical (unpaired) electrons. The van der Waals surface area contributed by atoms with Gasteiger partial charge in [0.25, 0.3) is 11.8 Å². The molecule has 1 aromatic carbocycles. The van der Waals surface area contributed by atoms with Gasteiger partial charge in [0.15, 0.2) is 0 Å². The van der Waals surface area contributed by atoms with Crippen molar-refractivity contribution in [3.8, 4) is 0 Å². The van der Waals surface area contributed by atoms with Gasteiger partial charge in [-0.15, -0.1) is 10.2 Å². The minimum atomic E-state index is -0.397. The number of anilines is 1. The smallest absolute Gasteiger partial charge is 0.286 e. The molecule has 2 fully saturated rings. The van der Waals surface area contributed by atoms with Crippen LogP contribution in [0.4, 0.5) is 5.69 Å². The van der Waals surface area contributed by atoms with Crippen LogP contribution in [0, 0.1) is 12.8 Å². The summed E-state index contributed by atoms with van der Waals surface area (Å²) in [6, 6.07) is 7.43. The Bertz CT molecular complexity index is 1020. The third-order valence-corrected chi connectivity index (χ3v) is 7.50. The maximum absolute atomic E-state index is 13.0. The number of rotatable bonds is 8. The predicted octanol–water partition coefficient (Wildman–Crippen LogP) is 2.94. The molecule has 1 atom stereocenters. The zero-order chi connectivity index (χ0) is 24.6. The molecule has 35 heavy (non-hydrogen) atoms. The largest absolute Gasteiger partial charge is 0.356 e. The van der Waals surface area contributed by atoms with Gasteiger partial charge in [0.05, 0.1) is 5.92 Å². The molecule has 188 valence electrons. The van der Waals surface area contributed by atoms with Gasteiger partial charge in [0, 0.05) is 25.3 Å². The van der Waals surface area contributed by atoms with Gasteiger partial charge in [-0.05, 0) is 70.8 Å². The van der Waals surface area contributed by atoms with Crippen LogP contribution in [0.15, 0.2) is 24.3 Å². The Labute approximate surface area is 210 Å². The first-order chi connectivity index (χ1) is 17.0. The van der Waals surface area contributed by atoms with Crippen LogP contribution >= 0.6 is 11.3 Å². The third kappa shape index (κ3) is 7.08. The van der Waals surface area contributed by atoms with Crippen molar-refractivity contribution in [3.05, 3.63) is 39.8 Å². The van der Waals surface area contributed by atoms with Crippen molar-refractivity contribution in [2.45, 2.75) is 45.4 Å². The zero-order valence-corrected chi connectivity index (χ0v) is 21.1. The Morgan fingerprint density at radius 2 is 1.74 bits per heavy atom. The monoisotopic (exact) mass is 498 g/mol. The summed E-state index contributed by atoms with van der Waals surface area (Å²) in [6.07, 6.45) is 6.33. The van der Waals surface area contributed by atoms with Gasteiger partial charge < -0.3 is 20.4 Å². The number of piperidine rings is 2. The van der Waals surface area contributed by atoms with Gasteiger partial charge in [0.2, 0.25) is 15.9 Å². The number of nitrogens with zero attached hydrogens (tertiary/aromatic N) is 4. The third-order valence-electron chi connectivity index (χ3n) is 6.59. The molecule has 0 saturated carbocycles. The molecule has 2 N–H and O–H groups in total. The molecule has 2 aliphatic rings. The SMILES string of the molecule is Cc1ccc(NC(=O)c2nnc(C(=O)N3CCC[C@H](C(=O)NCCCN4CCCCC4)C3)s2)cc1. The highest BCUT2D eigenvalue weighted by Gasteiger charge is 2.30. The molecule has 10 heteroatoms. The van der Waals surface area contributed by atoms with Gasteiger partial charge in [0.1, 0.15) is 0 Å². The lowest BCUT2D eigenvalue weighted by atomic mass is 9.97. The fraction of sp³-hybridized carbons (Fsp3) is 0.560. The standard InChI is InChI=1S/C25H34N6O3S/c1-18-8-10-20(11-9-18)27-22(33)23-28-29-24(35-23)25(34)31-16-5-7-19(17-31)21(32)26-12-6-15-30-13-3-2-4-14-30/h8-11,19H,2-7,12-17H2,1H3,(H,26,32)(H,27,33)/t19-/m0/s1. The van der Waals surface area contributed by atoms with Crippen LogP contribution in [-0.4, -0.2) is 77.0 Å². The molecule has 2 aromatic rings.